The Kier molecular flexibility index (Phi) is 6.28. The third-order valence-corrected chi connectivity index (χ3v) is 6.35. The largest absolute Gasteiger partial charge is 0.482 e. The van der Waals surface area contributed by atoms with Gasteiger partial charge in [0.1, 0.15) is 5.75 Å². The fourth-order valence-electron chi connectivity index (χ4n) is 3.71. The van der Waals surface area contributed by atoms with Crippen molar-refractivity contribution in [1.82, 2.24) is 0 Å². The number of fused-ring (bicyclic) bond motifs is 1. The van der Waals surface area contributed by atoms with E-state index in [-0.39, 0.29) is 6.61 Å². The molecule has 0 saturated carbocycles. The number of hydrogen-bond donors (Lipinski definition) is 1. The van der Waals surface area contributed by atoms with Gasteiger partial charge in [-0.25, -0.2) is 4.79 Å². The zero-order valence-corrected chi connectivity index (χ0v) is 17.7. The molecule has 0 radical (unpaired) electrons. The second-order valence-electron chi connectivity index (χ2n) is 7.40. The third-order valence-electron chi connectivity index (χ3n) is 5.18. The smallest absolute Gasteiger partial charge is 0.430 e. The highest BCUT2D eigenvalue weighted by atomic mass is 32.2. The summed E-state index contributed by atoms with van der Waals surface area (Å²) < 4.78 is 43.6. The molecule has 1 heterocycles. The zero-order chi connectivity index (χ0) is 22.7. The van der Waals surface area contributed by atoms with Gasteiger partial charge in [0.05, 0.1) is 5.56 Å². The Hall–Kier alpha value is -3.18. The van der Waals surface area contributed by atoms with Crippen molar-refractivity contribution in [3.05, 3.63) is 77.0 Å². The van der Waals surface area contributed by atoms with E-state index in [1.165, 1.54) is 11.6 Å². The Morgan fingerprint density at radius 1 is 1.12 bits per heavy atom. The summed E-state index contributed by atoms with van der Waals surface area (Å²) in [6.07, 6.45) is 0.406. The monoisotopic (exact) mass is 458 g/mol. The molecule has 1 N–H and O–H groups in total. The highest BCUT2D eigenvalue weighted by molar-refractivity contribution is 7.98. The van der Waals surface area contributed by atoms with Crippen LogP contribution in [0.4, 0.5) is 13.2 Å². The predicted molar refractivity (Wildman–Crippen MR) is 112 cm³/mol. The summed E-state index contributed by atoms with van der Waals surface area (Å²) in [5, 5.41) is 8.86. The van der Waals surface area contributed by atoms with Gasteiger partial charge in [0.25, 0.3) is 0 Å². The fraction of sp³-hybridized carbons (Fsp3) is 0.250. The van der Waals surface area contributed by atoms with Crippen molar-refractivity contribution in [2.24, 2.45) is 0 Å². The molecule has 8 heteroatoms. The molecule has 4 rings (SSSR count). The number of ether oxygens (including phenoxy) is 1. The van der Waals surface area contributed by atoms with Crippen molar-refractivity contribution in [2.75, 3.05) is 6.61 Å². The first-order valence-corrected chi connectivity index (χ1v) is 11.0. The Morgan fingerprint density at radius 3 is 2.66 bits per heavy atom. The molecule has 0 fully saturated rings. The van der Waals surface area contributed by atoms with Gasteiger partial charge in [-0.05, 0) is 71.3 Å². The molecule has 0 aliphatic heterocycles. The van der Waals surface area contributed by atoms with Crippen LogP contribution in [-0.4, -0.2) is 17.7 Å². The maximum Gasteiger partial charge on any atom is 0.430 e. The number of alkyl halides is 3. The minimum atomic E-state index is -4.46. The molecule has 2 aromatic carbocycles. The number of benzene rings is 2. The second-order valence-corrected chi connectivity index (χ2v) is 8.41. The van der Waals surface area contributed by atoms with Crippen LogP contribution in [0.25, 0.3) is 11.3 Å². The van der Waals surface area contributed by atoms with Crippen molar-refractivity contribution in [1.29, 1.82) is 0 Å². The van der Waals surface area contributed by atoms with Crippen LogP contribution in [0, 0.1) is 6.20 Å². The average Bonchev–Trinajstić information content (AvgIpc) is 3.27. The number of carboxylic acids is 1. The van der Waals surface area contributed by atoms with Crippen molar-refractivity contribution in [3.8, 4) is 17.0 Å². The first-order chi connectivity index (χ1) is 15.3. The van der Waals surface area contributed by atoms with E-state index in [4.69, 9.17) is 9.84 Å². The lowest BCUT2D eigenvalue weighted by Crippen LogP contribution is -2.10. The second kappa shape index (κ2) is 9.13. The number of aliphatic carboxylic acids is 1. The predicted octanol–water partition coefficient (Wildman–Crippen LogP) is 5.02. The molecule has 1 aromatic heterocycles. The summed E-state index contributed by atoms with van der Waals surface area (Å²) in [6, 6.07) is 13.7. The number of carbonyl (C=O) groups is 1. The van der Waals surface area contributed by atoms with Crippen LogP contribution < -0.4 is 9.72 Å². The summed E-state index contributed by atoms with van der Waals surface area (Å²) >= 11 is 1.67. The molecular formula is C24H19F3NO3S+. The number of thioether (sulfide) groups is 1. The van der Waals surface area contributed by atoms with Crippen LogP contribution in [0.15, 0.2) is 53.4 Å². The average molecular weight is 458 g/mol. The minimum absolute atomic E-state index is 0.360. The van der Waals surface area contributed by atoms with Crippen LogP contribution in [0.2, 0.25) is 0 Å². The third kappa shape index (κ3) is 5.00. The lowest BCUT2D eigenvalue weighted by molar-refractivity contribution is -0.283. The van der Waals surface area contributed by atoms with E-state index in [2.05, 4.69) is 11.2 Å². The first kappa shape index (κ1) is 22.0. The quantitative estimate of drug-likeness (QED) is 0.504. The number of hydrogen-bond acceptors (Lipinski definition) is 3. The Balaban J connectivity index is 1.48. The highest BCUT2D eigenvalue weighted by Gasteiger charge is 2.34. The van der Waals surface area contributed by atoms with Gasteiger partial charge in [-0.1, -0.05) is 12.1 Å². The van der Waals surface area contributed by atoms with E-state index in [9.17, 15) is 18.0 Å². The van der Waals surface area contributed by atoms with E-state index >= 15 is 0 Å². The molecular weight excluding hydrogens is 439 g/mol. The van der Waals surface area contributed by atoms with Crippen molar-refractivity contribution >= 4 is 17.7 Å². The van der Waals surface area contributed by atoms with Gasteiger partial charge in [0, 0.05) is 16.7 Å². The number of nitrogens with zero attached hydrogens (tertiary/aromatic N) is 1. The first-order valence-electron chi connectivity index (χ1n) is 9.98. The number of aromatic nitrogens is 1. The SMILES string of the molecule is O=C(O)COc1ccc(SCc2cccc(-c3ccc(C(F)(F)F)c#[n+]3)c2)c2c1CCC2. The Bertz CT molecular complexity index is 1130. The van der Waals surface area contributed by atoms with E-state index in [1.54, 1.807) is 11.8 Å². The summed E-state index contributed by atoms with van der Waals surface area (Å²) in [7, 11) is 0. The van der Waals surface area contributed by atoms with Crippen molar-refractivity contribution in [3.63, 3.8) is 0 Å². The summed E-state index contributed by atoms with van der Waals surface area (Å²) in [6.45, 7) is -0.360. The maximum absolute atomic E-state index is 12.7. The molecule has 4 nitrogen and oxygen atoms in total. The van der Waals surface area contributed by atoms with Gasteiger partial charge in [0.2, 0.25) is 0 Å². The molecule has 0 atom stereocenters. The summed E-state index contributed by atoms with van der Waals surface area (Å²) in [4.78, 5) is 15.8. The molecule has 0 saturated heterocycles. The van der Waals surface area contributed by atoms with Crippen molar-refractivity contribution in [2.45, 2.75) is 36.1 Å². The van der Waals surface area contributed by atoms with Crippen LogP contribution >= 0.6 is 11.8 Å². The summed E-state index contributed by atoms with van der Waals surface area (Å²) in [5.74, 6) is 0.311. The van der Waals surface area contributed by atoms with Gasteiger partial charge in [-0.15, -0.1) is 11.8 Å². The lowest BCUT2D eigenvalue weighted by Gasteiger charge is -2.13. The molecule has 0 amide bonds. The van der Waals surface area contributed by atoms with Gasteiger partial charge in [-0.2, -0.15) is 13.2 Å². The van der Waals surface area contributed by atoms with E-state index in [0.29, 0.717) is 17.2 Å². The normalized spacial score (nSPS) is 12.8. The summed E-state index contributed by atoms with van der Waals surface area (Å²) in [5.41, 5.74) is 3.58. The molecule has 3 aromatic rings. The van der Waals surface area contributed by atoms with Crippen LogP contribution in [0.5, 0.6) is 5.75 Å². The van der Waals surface area contributed by atoms with Gasteiger partial charge >= 0.3 is 24.0 Å². The zero-order valence-electron chi connectivity index (χ0n) is 16.9. The van der Waals surface area contributed by atoms with Gasteiger partial charge < -0.3 is 9.84 Å². The molecule has 32 heavy (non-hydrogen) atoms. The molecule has 164 valence electrons. The van der Waals surface area contributed by atoms with E-state index < -0.39 is 17.7 Å². The maximum atomic E-state index is 12.7. The highest BCUT2D eigenvalue weighted by Crippen LogP contribution is 2.39. The molecule has 1 aliphatic carbocycles. The molecule has 0 unspecified atom stereocenters. The Morgan fingerprint density at radius 2 is 1.94 bits per heavy atom. The van der Waals surface area contributed by atoms with Gasteiger partial charge in [0.15, 0.2) is 12.2 Å². The minimum Gasteiger partial charge on any atom is -0.482 e. The molecule has 1 aliphatic rings. The topological polar surface area (TPSA) is 60.6 Å². The van der Waals surface area contributed by atoms with Crippen molar-refractivity contribution < 1.29 is 32.8 Å². The number of rotatable bonds is 7. The molecule has 0 bridgehead atoms. The Labute approximate surface area is 187 Å². The lowest BCUT2D eigenvalue weighted by atomic mass is 10.1. The van der Waals surface area contributed by atoms with Crippen LogP contribution in [0.1, 0.15) is 28.7 Å². The standard InChI is InChI=1S/C24H18F3NO3S/c25-24(26,27)17-7-8-20(28-12-17)16-4-1-3-15(11-16)14-32-22-10-9-21(31-13-23(29)30)18-5-2-6-19(18)22/h1,3-4,7-11H,2,5-6,13-14H2/p+1. The number of halogens is 3. The van der Waals surface area contributed by atoms with E-state index in [1.807, 2.05) is 36.4 Å². The van der Waals surface area contributed by atoms with E-state index in [0.717, 1.165) is 46.9 Å². The molecule has 0 spiro atoms. The fourth-order valence-corrected chi connectivity index (χ4v) is 4.77. The van der Waals surface area contributed by atoms with Crippen LogP contribution in [-0.2, 0) is 29.6 Å². The van der Waals surface area contributed by atoms with Gasteiger partial charge in [-0.3, -0.25) is 0 Å². The number of carboxylic acid groups (broad SMARTS) is 1. The van der Waals surface area contributed by atoms with Crippen LogP contribution in [0.3, 0.4) is 0 Å².